The summed E-state index contributed by atoms with van der Waals surface area (Å²) >= 11 is 6.48. The second-order valence-electron chi connectivity index (χ2n) is 3.85. The van der Waals surface area contributed by atoms with Crippen LogP contribution in [0.3, 0.4) is 0 Å². The lowest BCUT2D eigenvalue weighted by atomic mass is 9.97. The zero-order valence-corrected chi connectivity index (χ0v) is 12.2. The smallest absolute Gasteiger partial charge is 0.228 e. The number of rotatable bonds is 2. The van der Waals surface area contributed by atoms with E-state index in [2.05, 4.69) is 52.5 Å². The maximum absolute atomic E-state index is 12.0. The van der Waals surface area contributed by atoms with Crippen LogP contribution in [0.5, 0.6) is 0 Å². The minimum atomic E-state index is 0.0174. The Balaban J connectivity index is 2.02. The highest BCUT2D eigenvalue weighted by Gasteiger charge is 2.21. The standard InChI is InChI=1S/C10H12Br2N4O/c11-7-5-14-9(8(12)15-7)16-10(17)6-1-3-13-4-2-6/h5-6,13H,1-4H2,(H,14,16,17). The average molecular weight is 364 g/mol. The van der Waals surface area contributed by atoms with Gasteiger partial charge in [-0.2, -0.15) is 0 Å². The van der Waals surface area contributed by atoms with Gasteiger partial charge in [0, 0.05) is 5.92 Å². The molecule has 1 amide bonds. The van der Waals surface area contributed by atoms with E-state index in [9.17, 15) is 4.79 Å². The molecule has 0 unspecified atom stereocenters. The lowest BCUT2D eigenvalue weighted by Gasteiger charge is -2.21. The van der Waals surface area contributed by atoms with E-state index in [4.69, 9.17) is 0 Å². The van der Waals surface area contributed by atoms with Crippen molar-refractivity contribution in [3.05, 3.63) is 15.4 Å². The van der Waals surface area contributed by atoms with Crippen molar-refractivity contribution in [1.82, 2.24) is 15.3 Å². The molecule has 0 bridgehead atoms. The van der Waals surface area contributed by atoms with Crippen LogP contribution in [-0.2, 0) is 4.79 Å². The van der Waals surface area contributed by atoms with Crippen LogP contribution in [0.25, 0.3) is 0 Å². The Bertz CT molecular complexity index is 421. The molecule has 0 atom stereocenters. The van der Waals surface area contributed by atoms with Gasteiger partial charge in [0.05, 0.1) is 6.20 Å². The van der Waals surface area contributed by atoms with Crippen LogP contribution in [0, 0.1) is 5.92 Å². The first-order chi connectivity index (χ1) is 8.16. The van der Waals surface area contributed by atoms with E-state index in [-0.39, 0.29) is 11.8 Å². The Hall–Kier alpha value is -0.530. The Morgan fingerprint density at radius 1 is 1.41 bits per heavy atom. The molecule has 17 heavy (non-hydrogen) atoms. The first-order valence-corrected chi connectivity index (χ1v) is 6.95. The number of nitrogens with zero attached hydrogens (tertiary/aromatic N) is 2. The van der Waals surface area contributed by atoms with Crippen molar-refractivity contribution in [2.24, 2.45) is 5.92 Å². The van der Waals surface area contributed by atoms with Gasteiger partial charge in [0.1, 0.15) is 9.21 Å². The summed E-state index contributed by atoms with van der Waals surface area (Å²) in [5.74, 6) is 0.550. The number of carbonyl (C=O) groups excluding carboxylic acids is 1. The van der Waals surface area contributed by atoms with Gasteiger partial charge >= 0.3 is 0 Å². The molecule has 2 rings (SSSR count). The minimum Gasteiger partial charge on any atom is -0.317 e. The van der Waals surface area contributed by atoms with Gasteiger partial charge in [-0.15, -0.1) is 0 Å². The van der Waals surface area contributed by atoms with Crippen molar-refractivity contribution in [2.45, 2.75) is 12.8 Å². The van der Waals surface area contributed by atoms with E-state index in [0.717, 1.165) is 25.9 Å². The maximum atomic E-state index is 12.0. The van der Waals surface area contributed by atoms with Crippen molar-refractivity contribution in [2.75, 3.05) is 18.4 Å². The topological polar surface area (TPSA) is 66.9 Å². The Labute approximate surface area is 116 Å². The van der Waals surface area contributed by atoms with Crippen LogP contribution in [0.1, 0.15) is 12.8 Å². The SMILES string of the molecule is O=C(Nc1ncc(Br)nc1Br)C1CCNCC1. The molecule has 1 saturated heterocycles. The molecule has 0 saturated carbocycles. The van der Waals surface area contributed by atoms with Gasteiger partial charge in [-0.05, 0) is 57.8 Å². The molecule has 5 nitrogen and oxygen atoms in total. The summed E-state index contributed by atoms with van der Waals surface area (Å²) < 4.78 is 1.17. The quantitative estimate of drug-likeness (QED) is 0.842. The van der Waals surface area contributed by atoms with Crippen molar-refractivity contribution in [3.8, 4) is 0 Å². The van der Waals surface area contributed by atoms with Crippen molar-refractivity contribution >= 4 is 43.6 Å². The predicted molar refractivity (Wildman–Crippen MR) is 71.7 cm³/mol. The molecule has 92 valence electrons. The van der Waals surface area contributed by atoms with E-state index < -0.39 is 0 Å². The minimum absolute atomic E-state index is 0.0174. The zero-order valence-electron chi connectivity index (χ0n) is 9.04. The summed E-state index contributed by atoms with van der Waals surface area (Å²) in [6, 6.07) is 0. The van der Waals surface area contributed by atoms with Gasteiger partial charge in [-0.1, -0.05) is 0 Å². The van der Waals surface area contributed by atoms with E-state index >= 15 is 0 Å². The second-order valence-corrected chi connectivity index (χ2v) is 5.41. The number of amides is 1. The summed E-state index contributed by atoms with van der Waals surface area (Å²) in [7, 11) is 0. The summed E-state index contributed by atoms with van der Waals surface area (Å²) in [6.45, 7) is 1.79. The van der Waals surface area contributed by atoms with Gasteiger partial charge in [0.2, 0.25) is 5.91 Å². The Morgan fingerprint density at radius 3 is 2.76 bits per heavy atom. The monoisotopic (exact) mass is 362 g/mol. The van der Waals surface area contributed by atoms with Gasteiger partial charge < -0.3 is 10.6 Å². The molecule has 1 aromatic rings. The number of anilines is 1. The maximum Gasteiger partial charge on any atom is 0.228 e. The normalized spacial score (nSPS) is 16.8. The van der Waals surface area contributed by atoms with E-state index in [1.165, 1.54) is 0 Å². The summed E-state index contributed by atoms with van der Waals surface area (Å²) in [4.78, 5) is 20.2. The van der Waals surface area contributed by atoms with Crippen molar-refractivity contribution < 1.29 is 4.79 Å². The molecular weight excluding hydrogens is 352 g/mol. The number of hydrogen-bond acceptors (Lipinski definition) is 4. The third-order valence-electron chi connectivity index (χ3n) is 2.65. The number of hydrogen-bond donors (Lipinski definition) is 2. The number of carbonyl (C=O) groups is 1. The first kappa shape index (κ1) is 12.9. The van der Waals surface area contributed by atoms with Gasteiger partial charge in [0.25, 0.3) is 0 Å². The fourth-order valence-electron chi connectivity index (χ4n) is 1.73. The summed E-state index contributed by atoms with van der Waals surface area (Å²) in [6.07, 6.45) is 3.30. The highest BCUT2D eigenvalue weighted by atomic mass is 79.9. The van der Waals surface area contributed by atoms with Crippen LogP contribution in [0.4, 0.5) is 5.82 Å². The fourth-order valence-corrected chi connectivity index (χ4v) is 2.64. The Kier molecular flexibility index (Phi) is 4.47. The third-order valence-corrected chi connectivity index (χ3v) is 3.59. The molecule has 2 N–H and O–H groups in total. The van der Waals surface area contributed by atoms with Crippen LogP contribution in [0.15, 0.2) is 15.4 Å². The molecule has 0 radical (unpaired) electrons. The van der Waals surface area contributed by atoms with E-state index in [0.29, 0.717) is 15.0 Å². The predicted octanol–water partition coefficient (Wildman–Crippen LogP) is 1.94. The van der Waals surface area contributed by atoms with Crippen LogP contribution in [0.2, 0.25) is 0 Å². The average Bonchev–Trinajstić information content (AvgIpc) is 2.34. The molecule has 1 aliphatic rings. The van der Waals surface area contributed by atoms with Crippen LogP contribution < -0.4 is 10.6 Å². The molecule has 1 fully saturated rings. The number of nitrogens with one attached hydrogen (secondary N) is 2. The zero-order chi connectivity index (χ0) is 12.3. The number of piperidine rings is 1. The van der Waals surface area contributed by atoms with Gasteiger partial charge in [0.15, 0.2) is 5.82 Å². The lowest BCUT2D eigenvalue weighted by molar-refractivity contribution is -0.120. The van der Waals surface area contributed by atoms with Gasteiger partial charge in [-0.3, -0.25) is 4.79 Å². The molecule has 7 heteroatoms. The fraction of sp³-hybridized carbons (Fsp3) is 0.500. The summed E-state index contributed by atoms with van der Waals surface area (Å²) in [5.41, 5.74) is 0. The van der Waals surface area contributed by atoms with E-state index in [1.54, 1.807) is 6.20 Å². The highest BCUT2D eigenvalue weighted by Crippen LogP contribution is 2.21. The second kappa shape index (κ2) is 5.88. The Morgan fingerprint density at radius 2 is 2.12 bits per heavy atom. The largest absolute Gasteiger partial charge is 0.317 e. The first-order valence-electron chi connectivity index (χ1n) is 5.36. The third kappa shape index (κ3) is 3.46. The van der Waals surface area contributed by atoms with Gasteiger partial charge in [-0.25, -0.2) is 9.97 Å². The van der Waals surface area contributed by atoms with Crippen molar-refractivity contribution in [1.29, 1.82) is 0 Å². The number of halogens is 2. The molecule has 0 spiro atoms. The van der Waals surface area contributed by atoms with E-state index in [1.807, 2.05) is 0 Å². The molecule has 1 aromatic heterocycles. The molecular formula is C10H12Br2N4O. The van der Waals surface area contributed by atoms with Crippen LogP contribution >= 0.6 is 31.9 Å². The lowest BCUT2D eigenvalue weighted by Crippen LogP contribution is -2.34. The molecule has 0 aliphatic carbocycles. The number of aromatic nitrogens is 2. The van der Waals surface area contributed by atoms with Crippen molar-refractivity contribution in [3.63, 3.8) is 0 Å². The molecule has 2 heterocycles. The summed E-state index contributed by atoms with van der Waals surface area (Å²) in [5, 5.41) is 6.03. The molecule has 0 aromatic carbocycles. The highest BCUT2D eigenvalue weighted by molar-refractivity contribution is 9.11. The van der Waals surface area contributed by atoms with Crippen LogP contribution in [-0.4, -0.2) is 29.0 Å². The molecule has 1 aliphatic heterocycles.